The highest BCUT2D eigenvalue weighted by molar-refractivity contribution is 5.86. The lowest BCUT2D eigenvalue weighted by molar-refractivity contribution is -0.143. The number of carbonyl (C=O) groups excluding carboxylic acids is 2. The summed E-state index contributed by atoms with van der Waals surface area (Å²) in [5.74, 6) is -1.10. The molecule has 7 heteroatoms. The van der Waals surface area contributed by atoms with Crippen molar-refractivity contribution in [3.8, 4) is 11.1 Å². The van der Waals surface area contributed by atoms with E-state index in [4.69, 9.17) is 4.74 Å². The zero-order valence-corrected chi connectivity index (χ0v) is 19.7. The van der Waals surface area contributed by atoms with E-state index in [2.05, 4.69) is 34.9 Å². The predicted octanol–water partition coefficient (Wildman–Crippen LogP) is 4.45. The largest absolute Gasteiger partial charge is 0.481 e. The van der Waals surface area contributed by atoms with Crippen molar-refractivity contribution in [1.82, 2.24) is 10.6 Å². The second kappa shape index (κ2) is 10.1. The van der Waals surface area contributed by atoms with Gasteiger partial charge in [0, 0.05) is 12.0 Å². The summed E-state index contributed by atoms with van der Waals surface area (Å²) in [6.45, 7) is 0.195. The first-order chi connectivity index (χ1) is 17.0. The average Bonchev–Trinajstić information content (AvgIpc) is 3.63. The summed E-state index contributed by atoms with van der Waals surface area (Å²) < 4.78 is 5.65. The lowest BCUT2D eigenvalue weighted by Gasteiger charge is -2.29. The van der Waals surface area contributed by atoms with Crippen molar-refractivity contribution in [3.63, 3.8) is 0 Å². The van der Waals surface area contributed by atoms with Gasteiger partial charge in [0.05, 0.1) is 5.92 Å². The zero-order chi connectivity index (χ0) is 24.4. The Morgan fingerprint density at radius 1 is 0.943 bits per heavy atom. The summed E-state index contributed by atoms with van der Waals surface area (Å²) in [6, 6.07) is 15.5. The molecule has 2 amide bonds. The van der Waals surface area contributed by atoms with Gasteiger partial charge in [-0.05, 0) is 53.9 Å². The Bertz CT molecular complexity index is 1070. The van der Waals surface area contributed by atoms with Crippen molar-refractivity contribution < 1.29 is 24.2 Å². The molecule has 2 aromatic rings. The first kappa shape index (κ1) is 23.4. The molecule has 0 radical (unpaired) electrons. The maximum atomic E-state index is 13.0. The van der Waals surface area contributed by atoms with E-state index in [0.717, 1.165) is 47.9 Å². The number of ether oxygens (including phenoxy) is 1. The van der Waals surface area contributed by atoms with Crippen molar-refractivity contribution in [2.24, 2.45) is 11.8 Å². The molecule has 2 fully saturated rings. The van der Waals surface area contributed by atoms with Crippen molar-refractivity contribution in [3.05, 3.63) is 59.7 Å². The molecule has 0 bridgehead atoms. The summed E-state index contributed by atoms with van der Waals surface area (Å²) in [7, 11) is 0. The number of hydrogen-bond acceptors (Lipinski definition) is 4. The first-order valence-corrected chi connectivity index (χ1v) is 12.6. The second-order valence-corrected chi connectivity index (χ2v) is 10.1. The van der Waals surface area contributed by atoms with Gasteiger partial charge in [-0.3, -0.25) is 9.59 Å². The molecule has 35 heavy (non-hydrogen) atoms. The second-order valence-electron chi connectivity index (χ2n) is 10.1. The third-order valence-corrected chi connectivity index (χ3v) is 7.59. The van der Waals surface area contributed by atoms with Crippen LogP contribution in [-0.4, -0.2) is 41.8 Å². The van der Waals surface area contributed by atoms with Gasteiger partial charge in [-0.15, -0.1) is 0 Å². The number of amides is 2. The van der Waals surface area contributed by atoms with E-state index in [-0.39, 0.29) is 24.5 Å². The van der Waals surface area contributed by atoms with Gasteiger partial charge in [-0.25, -0.2) is 4.79 Å². The topological polar surface area (TPSA) is 105 Å². The molecule has 7 nitrogen and oxygen atoms in total. The van der Waals surface area contributed by atoms with Crippen molar-refractivity contribution >= 4 is 18.0 Å². The molecule has 0 aromatic heterocycles. The van der Waals surface area contributed by atoms with Crippen LogP contribution < -0.4 is 10.6 Å². The Morgan fingerprint density at radius 3 is 2.23 bits per heavy atom. The van der Waals surface area contributed by atoms with Gasteiger partial charge < -0.3 is 20.5 Å². The number of hydrogen-bond donors (Lipinski definition) is 3. The Hall–Kier alpha value is -3.35. The third-order valence-electron chi connectivity index (χ3n) is 7.59. The first-order valence-electron chi connectivity index (χ1n) is 12.6. The molecule has 0 aliphatic heterocycles. The highest BCUT2D eigenvalue weighted by atomic mass is 16.5. The highest BCUT2D eigenvalue weighted by Crippen LogP contribution is 2.44. The zero-order valence-electron chi connectivity index (χ0n) is 19.7. The number of benzene rings is 2. The normalized spacial score (nSPS) is 21.9. The quantitative estimate of drug-likeness (QED) is 0.522. The average molecular weight is 477 g/mol. The maximum absolute atomic E-state index is 13.0. The molecule has 3 atom stereocenters. The van der Waals surface area contributed by atoms with Gasteiger partial charge in [0.25, 0.3) is 0 Å². The SMILES string of the molecule is O=C(N[C@@H](CC1CC1)C(=O)N[C@@H]1CCC[C@@H](C(=O)O)C1)OCC1c2ccccc2-c2ccccc21. The predicted molar refractivity (Wildman–Crippen MR) is 131 cm³/mol. The van der Waals surface area contributed by atoms with Crippen molar-refractivity contribution in [1.29, 1.82) is 0 Å². The van der Waals surface area contributed by atoms with E-state index >= 15 is 0 Å². The van der Waals surface area contributed by atoms with Crippen LogP contribution in [0.2, 0.25) is 0 Å². The minimum absolute atomic E-state index is 0.0425. The molecule has 5 rings (SSSR count). The standard InChI is InChI=1S/C28H32N2O5/c31-26(29-19-7-5-6-18(15-19)27(32)33)25(14-17-12-13-17)30-28(34)35-16-24-22-10-3-1-8-20(22)21-9-2-4-11-23(21)24/h1-4,8-11,17-19,24-25H,5-7,12-16H2,(H,29,31)(H,30,34)(H,32,33)/t18-,19-,25+/m1/s1. The number of carboxylic acids is 1. The van der Waals surface area contributed by atoms with Crippen LogP contribution in [0, 0.1) is 11.8 Å². The Kier molecular flexibility index (Phi) is 6.75. The number of aliphatic carboxylic acids is 1. The Morgan fingerprint density at radius 2 is 1.60 bits per heavy atom. The van der Waals surface area contributed by atoms with E-state index in [1.807, 2.05) is 24.3 Å². The van der Waals surface area contributed by atoms with Gasteiger partial charge >= 0.3 is 12.1 Å². The summed E-state index contributed by atoms with van der Waals surface area (Å²) >= 11 is 0. The van der Waals surface area contributed by atoms with Crippen molar-refractivity contribution in [2.75, 3.05) is 6.61 Å². The number of alkyl carbamates (subject to hydrolysis) is 1. The molecule has 3 aliphatic carbocycles. The fourth-order valence-electron chi connectivity index (χ4n) is 5.55. The van der Waals surface area contributed by atoms with Crippen LogP contribution in [0.3, 0.4) is 0 Å². The minimum Gasteiger partial charge on any atom is -0.481 e. The molecule has 3 N–H and O–H groups in total. The number of fused-ring (bicyclic) bond motifs is 3. The summed E-state index contributed by atoms with van der Waals surface area (Å²) in [6.07, 6.45) is 4.70. The molecular weight excluding hydrogens is 444 g/mol. The Balaban J connectivity index is 1.20. The van der Waals surface area contributed by atoms with Gasteiger partial charge in [0.2, 0.25) is 5.91 Å². The van der Waals surface area contributed by atoms with Crippen LogP contribution in [0.5, 0.6) is 0 Å². The number of carboxylic acid groups (broad SMARTS) is 1. The molecule has 0 heterocycles. The Labute approximate surface area is 205 Å². The van der Waals surface area contributed by atoms with Crippen LogP contribution in [0.1, 0.15) is 62.0 Å². The maximum Gasteiger partial charge on any atom is 0.407 e. The van der Waals surface area contributed by atoms with Crippen LogP contribution >= 0.6 is 0 Å². The molecule has 184 valence electrons. The van der Waals surface area contributed by atoms with Gasteiger partial charge in [-0.2, -0.15) is 0 Å². The summed E-state index contributed by atoms with van der Waals surface area (Å²) in [4.78, 5) is 37.2. The molecule has 2 aromatic carbocycles. The number of nitrogens with one attached hydrogen (secondary N) is 2. The summed E-state index contributed by atoms with van der Waals surface area (Å²) in [5, 5.41) is 15.1. The number of carbonyl (C=O) groups is 3. The molecule has 0 unspecified atom stereocenters. The number of rotatable bonds is 8. The minimum atomic E-state index is -0.810. The van der Waals surface area contributed by atoms with E-state index in [1.165, 1.54) is 0 Å². The van der Waals surface area contributed by atoms with Gasteiger partial charge in [0.15, 0.2) is 0 Å². The fourth-order valence-corrected chi connectivity index (χ4v) is 5.55. The summed E-state index contributed by atoms with van der Waals surface area (Å²) in [5.41, 5.74) is 4.60. The van der Waals surface area contributed by atoms with Crippen LogP contribution in [0.25, 0.3) is 11.1 Å². The molecular formula is C28H32N2O5. The highest BCUT2D eigenvalue weighted by Gasteiger charge is 2.34. The lowest BCUT2D eigenvalue weighted by atomic mass is 9.85. The fraction of sp³-hybridized carbons (Fsp3) is 0.464. The van der Waals surface area contributed by atoms with Crippen LogP contribution in [0.15, 0.2) is 48.5 Å². The van der Waals surface area contributed by atoms with Gasteiger partial charge in [-0.1, -0.05) is 67.8 Å². The molecule has 2 saturated carbocycles. The molecule has 0 spiro atoms. The smallest absolute Gasteiger partial charge is 0.407 e. The van der Waals surface area contributed by atoms with E-state index in [0.29, 0.717) is 25.2 Å². The van der Waals surface area contributed by atoms with E-state index < -0.39 is 24.0 Å². The third kappa shape index (κ3) is 5.34. The van der Waals surface area contributed by atoms with Crippen molar-refractivity contribution in [2.45, 2.75) is 62.9 Å². The van der Waals surface area contributed by atoms with Crippen LogP contribution in [-0.2, 0) is 14.3 Å². The van der Waals surface area contributed by atoms with Gasteiger partial charge in [0.1, 0.15) is 12.6 Å². The van der Waals surface area contributed by atoms with E-state index in [9.17, 15) is 19.5 Å². The molecule has 3 aliphatic rings. The lowest BCUT2D eigenvalue weighted by Crippen LogP contribution is -2.51. The molecule has 0 saturated heterocycles. The van der Waals surface area contributed by atoms with E-state index in [1.54, 1.807) is 0 Å². The monoisotopic (exact) mass is 476 g/mol. The van der Waals surface area contributed by atoms with Crippen LogP contribution in [0.4, 0.5) is 4.79 Å².